The van der Waals surface area contributed by atoms with E-state index in [9.17, 15) is 13.5 Å². The lowest BCUT2D eigenvalue weighted by atomic mass is 10.1. The Morgan fingerprint density at radius 1 is 1.17 bits per heavy atom. The van der Waals surface area contributed by atoms with Crippen molar-refractivity contribution in [2.24, 2.45) is 0 Å². The van der Waals surface area contributed by atoms with Crippen LogP contribution in [0.5, 0.6) is 0 Å². The highest BCUT2D eigenvalue weighted by atomic mass is 32.2. The lowest BCUT2D eigenvalue weighted by molar-refractivity contribution is -0.162. The molecule has 1 N–H and O–H groups in total. The van der Waals surface area contributed by atoms with Gasteiger partial charge in [0, 0.05) is 20.3 Å². The number of aliphatic hydroxyl groups excluding tert-OH is 1. The summed E-state index contributed by atoms with van der Waals surface area (Å²) in [4.78, 5) is 0. The minimum Gasteiger partial charge on any atom is -0.373 e. The Balaban J connectivity index is 2.86. The summed E-state index contributed by atoms with van der Waals surface area (Å²) in [6, 6.07) is 0. The monoisotopic (exact) mass is 356 g/mol. The van der Waals surface area contributed by atoms with Crippen molar-refractivity contribution in [1.29, 1.82) is 0 Å². The Morgan fingerprint density at radius 2 is 1.83 bits per heavy atom. The van der Waals surface area contributed by atoms with E-state index in [0.29, 0.717) is 13.2 Å². The van der Waals surface area contributed by atoms with Crippen molar-refractivity contribution in [2.75, 3.05) is 33.2 Å². The summed E-state index contributed by atoms with van der Waals surface area (Å²) in [6.45, 7) is 4.55. The molecule has 5 atom stereocenters. The molecule has 0 spiro atoms. The normalized spacial score (nSPS) is 29.8. The van der Waals surface area contributed by atoms with Gasteiger partial charge in [-0.15, -0.1) is 0 Å². The fourth-order valence-corrected chi connectivity index (χ4v) is 2.74. The third-order valence-corrected chi connectivity index (χ3v) is 3.92. The molecule has 8 nitrogen and oxygen atoms in total. The first-order valence-electron chi connectivity index (χ1n) is 7.78. The predicted molar refractivity (Wildman–Crippen MR) is 82.5 cm³/mol. The number of aliphatic hydroxyl groups is 1. The topological polar surface area (TPSA) is 101 Å². The van der Waals surface area contributed by atoms with Crippen LogP contribution >= 0.6 is 0 Å². The first kappa shape index (κ1) is 20.8. The van der Waals surface area contributed by atoms with Gasteiger partial charge in [-0.1, -0.05) is 13.8 Å². The third-order valence-electron chi connectivity index (χ3n) is 3.36. The van der Waals surface area contributed by atoms with Gasteiger partial charge in [0.15, 0.2) is 6.29 Å². The summed E-state index contributed by atoms with van der Waals surface area (Å²) >= 11 is 0. The van der Waals surface area contributed by atoms with E-state index in [1.54, 1.807) is 0 Å². The molecule has 1 unspecified atom stereocenters. The number of hydrogen-bond acceptors (Lipinski definition) is 8. The number of hydrogen-bond donors (Lipinski definition) is 1. The summed E-state index contributed by atoms with van der Waals surface area (Å²) in [5.41, 5.74) is 0. The summed E-state index contributed by atoms with van der Waals surface area (Å²) < 4.78 is 49.5. The summed E-state index contributed by atoms with van der Waals surface area (Å²) in [5, 5.41) is 9.99. The van der Waals surface area contributed by atoms with Crippen LogP contribution < -0.4 is 0 Å². The number of methoxy groups -OCH3 is 1. The van der Waals surface area contributed by atoms with Crippen molar-refractivity contribution in [2.45, 2.75) is 57.4 Å². The van der Waals surface area contributed by atoms with Gasteiger partial charge in [-0.3, -0.25) is 4.18 Å². The molecule has 0 radical (unpaired) electrons. The van der Waals surface area contributed by atoms with E-state index < -0.39 is 40.8 Å². The molecule has 0 amide bonds. The molecular weight excluding hydrogens is 328 g/mol. The zero-order valence-corrected chi connectivity index (χ0v) is 15.0. The first-order valence-corrected chi connectivity index (χ1v) is 9.59. The Kier molecular flexibility index (Phi) is 8.91. The highest BCUT2D eigenvalue weighted by Gasteiger charge is 2.49. The quantitative estimate of drug-likeness (QED) is 0.527. The molecule has 1 aliphatic heterocycles. The van der Waals surface area contributed by atoms with E-state index in [1.807, 2.05) is 13.8 Å². The van der Waals surface area contributed by atoms with Crippen LogP contribution in [0.25, 0.3) is 0 Å². The highest BCUT2D eigenvalue weighted by Crippen LogP contribution is 2.29. The number of rotatable bonds is 11. The second kappa shape index (κ2) is 9.87. The average Bonchev–Trinajstić information content (AvgIpc) is 2.79. The average molecular weight is 356 g/mol. The van der Waals surface area contributed by atoms with Crippen LogP contribution in [-0.4, -0.2) is 77.4 Å². The van der Waals surface area contributed by atoms with Crippen LogP contribution in [0.4, 0.5) is 0 Å². The van der Waals surface area contributed by atoms with Crippen LogP contribution in [0.15, 0.2) is 0 Å². The zero-order valence-electron chi connectivity index (χ0n) is 14.1. The van der Waals surface area contributed by atoms with Gasteiger partial charge in [0.1, 0.15) is 24.4 Å². The number of ether oxygens (including phenoxy) is 4. The highest BCUT2D eigenvalue weighted by molar-refractivity contribution is 7.85. The minimum atomic E-state index is -3.61. The van der Waals surface area contributed by atoms with Crippen LogP contribution in [-0.2, 0) is 33.2 Å². The van der Waals surface area contributed by atoms with Gasteiger partial charge in [0.25, 0.3) is 10.1 Å². The molecule has 0 saturated carbocycles. The summed E-state index contributed by atoms with van der Waals surface area (Å²) in [5.74, 6) is 0. The molecule has 1 saturated heterocycles. The molecule has 23 heavy (non-hydrogen) atoms. The maximum absolute atomic E-state index is 11.2. The SMILES string of the molecule is CCCO[C@H]1[C@@H]([C@@H](COS(C)(=O)=O)OCCC)OC(O)[C@@H]1OC. The van der Waals surface area contributed by atoms with Crippen LogP contribution in [0.2, 0.25) is 0 Å². The van der Waals surface area contributed by atoms with Crippen molar-refractivity contribution in [3.05, 3.63) is 0 Å². The van der Waals surface area contributed by atoms with E-state index >= 15 is 0 Å². The van der Waals surface area contributed by atoms with E-state index in [0.717, 1.165) is 19.1 Å². The third kappa shape index (κ3) is 6.61. The molecule has 0 aromatic carbocycles. The van der Waals surface area contributed by atoms with Crippen LogP contribution in [0.1, 0.15) is 26.7 Å². The maximum atomic E-state index is 11.2. The van der Waals surface area contributed by atoms with Gasteiger partial charge < -0.3 is 24.1 Å². The largest absolute Gasteiger partial charge is 0.373 e. The molecule has 1 rings (SSSR count). The molecule has 1 aliphatic rings. The standard InChI is InChI=1S/C14H28O8S/c1-5-7-19-10(9-21-23(4,16)17)11-12(20-8-6-2)13(18-3)14(15)22-11/h10-15H,5-9H2,1-4H3/t10-,11-,12+,13-,14?/m1/s1. The molecule has 9 heteroatoms. The van der Waals surface area contributed by atoms with E-state index in [2.05, 4.69) is 0 Å². The van der Waals surface area contributed by atoms with Crippen LogP contribution in [0.3, 0.4) is 0 Å². The molecule has 0 aliphatic carbocycles. The lowest BCUT2D eigenvalue weighted by Gasteiger charge is -2.28. The Labute approximate surface area is 138 Å². The first-order chi connectivity index (χ1) is 10.8. The van der Waals surface area contributed by atoms with E-state index in [-0.39, 0.29) is 6.61 Å². The van der Waals surface area contributed by atoms with Crippen molar-refractivity contribution < 1.29 is 36.7 Å². The van der Waals surface area contributed by atoms with Crippen molar-refractivity contribution in [3.63, 3.8) is 0 Å². The van der Waals surface area contributed by atoms with Crippen LogP contribution in [0, 0.1) is 0 Å². The van der Waals surface area contributed by atoms with Gasteiger partial charge in [-0.05, 0) is 12.8 Å². The lowest BCUT2D eigenvalue weighted by Crippen LogP contribution is -2.45. The zero-order chi connectivity index (χ0) is 17.5. The fraction of sp³-hybridized carbons (Fsp3) is 1.00. The van der Waals surface area contributed by atoms with E-state index in [1.165, 1.54) is 7.11 Å². The Bertz CT molecular complexity index is 426. The van der Waals surface area contributed by atoms with Gasteiger partial charge in [-0.2, -0.15) is 8.42 Å². The summed E-state index contributed by atoms with van der Waals surface area (Å²) in [6.07, 6.45) is -1.28. The maximum Gasteiger partial charge on any atom is 0.264 e. The Hall–Kier alpha value is -0.290. The molecule has 1 heterocycles. The van der Waals surface area contributed by atoms with Gasteiger partial charge in [-0.25, -0.2) is 0 Å². The summed E-state index contributed by atoms with van der Waals surface area (Å²) in [7, 11) is -2.16. The van der Waals surface area contributed by atoms with Crippen molar-refractivity contribution in [3.8, 4) is 0 Å². The molecule has 0 aromatic rings. The van der Waals surface area contributed by atoms with Crippen molar-refractivity contribution in [1.82, 2.24) is 0 Å². The molecular formula is C14H28O8S. The second-order valence-electron chi connectivity index (χ2n) is 5.42. The minimum absolute atomic E-state index is 0.210. The van der Waals surface area contributed by atoms with Gasteiger partial charge in [0.2, 0.25) is 0 Å². The molecule has 0 bridgehead atoms. The second-order valence-corrected chi connectivity index (χ2v) is 7.07. The fourth-order valence-electron chi connectivity index (χ4n) is 2.36. The predicted octanol–water partition coefficient (Wildman–Crippen LogP) is 0.285. The molecule has 1 fully saturated rings. The Morgan fingerprint density at radius 3 is 2.35 bits per heavy atom. The van der Waals surface area contributed by atoms with Gasteiger partial charge in [0.05, 0.1) is 12.9 Å². The molecule has 0 aromatic heterocycles. The molecule has 138 valence electrons. The van der Waals surface area contributed by atoms with E-state index in [4.69, 9.17) is 23.1 Å². The smallest absolute Gasteiger partial charge is 0.264 e. The van der Waals surface area contributed by atoms with Crippen molar-refractivity contribution >= 4 is 10.1 Å². The van der Waals surface area contributed by atoms with Gasteiger partial charge >= 0.3 is 0 Å².